The molecule has 0 unspecified atom stereocenters. The van der Waals surface area contributed by atoms with Crippen LogP contribution in [0.5, 0.6) is 0 Å². The second-order valence-electron chi connectivity index (χ2n) is 7.76. The summed E-state index contributed by atoms with van der Waals surface area (Å²) in [7, 11) is 0. The molecule has 0 N–H and O–H groups in total. The van der Waals surface area contributed by atoms with Gasteiger partial charge < -0.3 is 14.5 Å². The van der Waals surface area contributed by atoms with E-state index in [1.54, 1.807) is 4.90 Å². The first-order valence-electron chi connectivity index (χ1n) is 8.77. The molecule has 0 radical (unpaired) electrons. The number of hydrogen-bond donors (Lipinski definition) is 0. The van der Waals surface area contributed by atoms with Crippen LogP contribution in [-0.4, -0.2) is 53.6 Å². The second-order valence-corrected chi connectivity index (χ2v) is 8.62. The van der Waals surface area contributed by atoms with Gasteiger partial charge in [0.25, 0.3) is 0 Å². The monoisotopic (exact) mass is 408 g/mol. The number of carbonyl (C=O) groups is 2. The minimum absolute atomic E-state index is 0.0757. The molecular weight excluding hydrogens is 384 g/mol. The molecule has 2 fully saturated rings. The molecule has 2 aliphatic rings. The maximum Gasteiger partial charge on any atom is 0.410 e. The van der Waals surface area contributed by atoms with E-state index in [1.165, 1.54) is 5.56 Å². The molecule has 0 aromatic heterocycles. The average molecular weight is 409 g/mol. The summed E-state index contributed by atoms with van der Waals surface area (Å²) in [6.07, 6.45) is 0.616. The minimum Gasteiger partial charge on any atom is -0.444 e. The standard InChI is InChI=1S/C19H25BrN2O3/c1-19(2,3)25-18(24)22-10-8-21(9-11-22)17(23)15-12-14(15)13-6-4-5-7-16(13)20/h4-7,14-15H,8-12H2,1-3H3/t14-,15+/m0/s1. The fraction of sp³-hybridized carbons (Fsp3) is 0.579. The Kier molecular flexibility index (Phi) is 5.09. The van der Waals surface area contributed by atoms with E-state index >= 15 is 0 Å². The number of nitrogens with zero attached hydrogens (tertiary/aromatic N) is 2. The Balaban J connectivity index is 1.52. The van der Waals surface area contributed by atoms with Gasteiger partial charge in [-0.2, -0.15) is 0 Å². The third kappa shape index (κ3) is 4.35. The molecule has 1 saturated carbocycles. The molecule has 6 heteroatoms. The average Bonchev–Trinajstić information content (AvgIpc) is 3.33. The largest absolute Gasteiger partial charge is 0.444 e. The van der Waals surface area contributed by atoms with E-state index in [0.29, 0.717) is 32.1 Å². The van der Waals surface area contributed by atoms with Gasteiger partial charge in [0, 0.05) is 36.6 Å². The van der Waals surface area contributed by atoms with E-state index in [0.717, 1.165) is 10.9 Å². The number of benzene rings is 1. The number of halogens is 1. The Bertz CT molecular complexity index is 663. The number of ether oxygens (including phenoxy) is 1. The summed E-state index contributed by atoms with van der Waals surface area (Å²) in [6.45, 7) is 7.81. The molecule has 1 aliphatic carbocycles. The highest BCUT2D eigenvalue weighted by molar-refractivity contribution is 9.10. The van der Waals surface area contributed by atoms with Gasteiger partial charge in [-0.1, -0.05) is 34.1 Å². The lowest BCUT2D eigenvalue weighted by atomic mass is 10.1. The maximum absolute atomic E-state index is 12.7. The lowest BCUT2D eigenvalue weighted by Gasteiger charge is -2.35. The zero-order valence-electron chi connectivity index (χ0n) is 15.0. The first kappa shape index (κ1) is 18.2. The third-order valence-corrected chi connectivity index (χ3v) is 5.38. The van der Waals surface area contributed by atoms with Gasteiger partial charge in [-0.05, 0) is 44.7 Å². The van der Waals surface area contributed by atoms with Crippen LogP contribution >= 0.6 is 15.9 Å². The van der Waals surface area contributed by atoms with Crippen molar-refractivity contribution in [2.24, 2.45) is 5.92 Å². The highest BCUT2D eigenvalue weighted by atomic mass is 79.9. The first-order chi connectivity index (χ1) is 11.8. The van der Waals surface area contributed by atoms with Crippen molar-refractivity contribution in [1.82, 2.24) is 9.80 Å². The summed E-state index contributed by atoms with van der Waals surface area (Å²) >= 11 is 3.57. The highest BCUT2D eigenvalue weighted by Gasteiger charge is 2.46. The predicted molar refractivity (Wildman–Crippen MR) is 99.4 cm³/mol. The summed E-state index contributed by atoms with van der Waals surface area (Å²) < 4.78 is 6.47. The van der Waals surface area contributed by atoms with Crippen LogP contribution in [-0.2, 0) is 9.53 Å². The van der Waals surface area contributed by atoms with Gasteiger partial charge in [0.05, 0.1) is 0 Å². The molecule has 1 aliphatic heterocycles. The maximum atomic E-state index is 12.7. The van der Waals surface area contributed by atoms with Crippen molar-refractivity contribution in [1.29, 1.82) is 0 Å². The zero-order chi connectivity index (χ0) is 18.2. The smallest absolute Gasteiger partial charge is 0.410 e. The van der Waals surface area contributed by atoms with E-state index in [2.05, 4.69) is 22.0 Å². The molecule has 0 bridgehead atoms. The zero-order valence-corrected chi connectivity index (χ0v) is 16.6. The number of piperazine rings is 1. The van der Waals surface area contributed by atoms with E-state index in [1.807, 2.05) is 43.9 Å². The molecule has 5 nitrogen and oxygen atoms in total. The number of hydrogen-bond acceptors (Lipinski definition) is 3. The fourth-order valence-electron chi connectivity index (χ4n) is 3.26. The molecular formula is C19H25BrN2O3. The number of rotatable bonds is 2. The van der Waals surface area contributed by atoms with Gasteiger partial charge in [0.15, 0.2) is 0 Å². The van der Waals surface area contributed by atoms with Crippen LogP contribution < -0.4 is 0 Å². The van der Waals surface area contributed by atoms with Gasteiger partial charge in [-0.15, -0.1) is 0 Å². The summed E-state index contributed by atoms with van der Waals surface area (Å²) in [5.41, 5.74) is 0.724. The summed E-state index contributed by atoms with van der Waals surface area (Å²) in [5.74, 6) is 0.600. The van der Waals surface area contributed by atoms with Crippen LogP contribution in [0.1, 0.15) is 38.7 Å². The van der Waals surface area contributed by atoms with Crippen molar-refractivity contribution >= 4 is 27.9 Å². The van der Waals surface area contributed by atoms with Crippen molar-refractivity contribution in [2.45, 2.75) is 38.7 Å². The number of carbonyl (C=O) groups excluding carboxylic acids is 2. The van der Waals surface area contributed by atoms with Crippen LogP contribution in [0.25, 0.3) is 0 Å². The van der Waals surface area contributed by atoms with E-state index in [4.69, 9.17) is 4.74 Å². The summed E-state index contributed by atoms with van der Waals surface area (Å²) in [5, 5.41) is 0. The Morgan fingerprint density at radius 3 is 2.28 bits per heavy atom. The molecule has 1 aromatic carbocycles. The molecule has 2 amide bonds. The molecule has 1 saturated heterocycles. The van der Waals surface area contributed by atoms with Crippen LogP contribution in [0, 0.1) is 5.92 Å². The quantitative estimate of drug-likeness (QED) is 0.750. The van der Waals surface area contributed by atoms with Gasteiger partial charge in [0.1, 0.15) is 5.60 Å². The van der Waals surface area contributed by atoms with Crippen molar-refractivity contribution < 1.29 is 14.3 Å². The SMILES string of the molecule is CC(C)(C)OC(=O)N1CCN(C(=O)[C@@H]2C[C@H]2c2ccccc2Br)CC1. The normalized spacial score (nSPS) is 23.4. The summed E-state index contributed by atoms with van der Waals surface area (Å²) in [4.78, 5) is 28.4. The molecule has 3 rings (SSSR count). The van der Waals surface area contributed by atoms with Crippen LogP contribution in [0.15, 0.2) is 28.7 Å². The van der Waals surface area contributed by atoms with E-state index in [9.17, 15) is 9.59 Å². The van der Waals surface area contributed by atoms with Crippen molar-refractivity contribution in [3.63, 3.8) is 0 Å². The Hall–Kier alpha value is -1.56. The predicted octanol–water partition coefficient (Wildman–Crippen LogP) is 3.63. The lowest BCUT2D eigenvalue weighted by molar-refractivity contribution is -0.134. The van der Waals surface area contributed by atoms with Crippen LogP contribution in [0.4, 0.5) is 4.79 Å². The number of amides is 2. The first-order valence-corrected chi connectivity index (χ1v) is 9.57. The topological polar surface area (TPSA) is 49.9 Å². The van der Waals surface area contributed by atoms with Crippen molar-refractivity contribution in [3.05, 3.63) is 34.3 Å². The van der Waals surface area contributed by atoms with Crippen LogP contribution in [0.3, 0.4) is 0 Å². The van der Waals surface area contributed by atoms with E-state index in [-0.39, 0.29) is 17.9 Å². The minimum atomic E-state index is -0.492. The Labute approximate surface area is 157 Å². The van der Waals surface area contributed by atoms with Crippen molar-refractivity contribution in [3.8, 4) is 0 Å². The van der Waals surface area contributed by atoms with Crippen LogP contribution in [0.2, 0.25) is 0 Å². The Morgan fingerprint density at radius 2 is 1.68 bits per heavy atom. The molecule has 136 valence electrons. The highest BCUT2D eigenvalue weighted by Crippen LogP contribution is 2.50. The van der Waals surface area contributed by atoms with Gasteiger partial charge >= 0.3 is 6.09 Å². The molecule has 25 heavy (non-hydrogen) atoms. The van der Waals surface area contributed by atoms with Gasteiger partial charge in [0.2, 0.25) is 5.91 Å². The fourth-order valence-corrected chi connectivity index (χ4v) is 3.84. The molecule has 1 heterocycles. The summed E-state index contributed by atoms with van der Waals surface area (Å²) in [6, 6.07) is 8.11. The third-order valence-electron chi connectivity index (χ3n) is 4.66. The van der Waals surface area contributed by atoms with Gasteiger partial charge in [-0.3, -0.25) is 4.79 Å². The van der Waals surface area contributed by atoms with Crippen molar-refractivity contribution in [2.75, 3.05) is 26.2 Å². The lowest BCUT2D eigenvalue weighted by Crippen LogP contribution is -2.52. The molecule has 2 atom stereocenters. The molecule has 0 spiro atoms. The van der Waals surface area contributed by atoms with Gasteiger partial charge in [-0.25, -0.2) is 4.79 Å². The molecule has 1 aromatic rings. The second kappa shape index (κ2) is 6.98. The Morgan fingerprint density at radius 1 is 1.08 bits per heavy atom. The van der Waals surface area contributed by atoms with E-state index < -0.39 is 5.60 Å².